The molecule has 5 nitrogen and oxygen atoms in total. The van der Waals surface area contributed by atoms with Crippen LogP contribution in [0.15, 0.2) is 64.6 Å². The fourth-order valence-electron chi connectivity index (χ4n) is 2.91. The van der Waals surface area contributed by atoms with Crippen molar-refractivity contribution >= 4 is 23.1 Å². The van der Waals surface area contributed by atoms with Crippen LogP contribution in [-0.4, -0.2) is 21.3 Å². The van der Waals surface area contributed by atoms with Gasteiger partial charge in [0, 0.05) is 10.6 Å². The minimum atomic E-state index is 0.397. The molecule has 2 aromatic carbocycles. The summed E-state index contributed by atoms with van der Waals surface area (Å²) in [5.41, 5.74) is 4.97. The third-order valence-electron chi connectivity index (χ3n) is 4.00. The maximum Gasteiger partial charge on any atom is 0.207 e. The highest BCUT2D eigenvalue weighted by Gasteiger charge is 2.30. The Morgan fingerprint density at radius 3 is 2.48 bits per heavy atom. The number of aliphatic imine (C=N–C) groups is 2. The van der Waals surface area contributed by atoms with Gasteiger partial charge in [-0.15, -0.1) is 0 Å². The van der Waals surface area contributed by atoms with Gasteiger partial charge in [-0.3, -0.25) is 0 Å². The van der Waals surface area contributed by atoms with E-state index in [1.807, 2.05) is 72.4 Å². The first-order valence-electron chi connectivity index (χ1n) is 7.66. The van der Waals surface area contributed by atoms with Gasteiger partial charge in [-0.1, -0.05) is 41.9 Å². The molecule has 2 heterocycles. The Labute approximate surface area is 149 Å². The quantitative estimate of drug-likeness (QED) is 0.652. The van der Waals surface area contributed by atoms with Gasteiger partial charge in [-0.2, -0.15) is 15.4 Å². The van der Waals surface area contributed by atoms with Crippen LogP contribution in [-0.2, 0) is 0 Å². The van der Waals surface area contributed by atoms with Crippen molar-refractivity contribution in [3.8, 4) is 23.1 Å². The monoisotopic (exact) mass is 345 g/mol. The largest absolute Gasteiger partial charge is 0.232 e. The van der Waals surface area contributed by atoms with Crippen molar-refractivity contribution in [1.29, 1.82) is 5.26 Å². The summed E-state index contributed by atoms with van der Waals surface area (Å²) in [7, 11) is 0. The normalized spacial score (nSPS) is 14.3. The SMILES string of the molecule is CC1=NC(=NC#N)c2c1nn(-c1ccc(Cl)cc1)c2-c1ccccc1. The predicted molar refractivity (Wildman–Crippen MR) is 98.4 cm³/mol. The third-order valence-corrected chi connectivity index (χ3v) is 4.25. The Morgan fingerprint density at radius 1 is 1.08 bits per heavy atom. The van der Waals surface area contributed by atoms with E-state index >= 15 is 0 Å². The van der Waals surface area contributed by atoms with Crippen LogP contribution in [0.4, 0.5) is 0 Å². The van der Waals surface area contributed by atoms with E-state index in [9.17, 15) is 0 Å². The van der Waals surface area contributed by atoms with Crippen LogP contribution in [0.5, 0.6) is 0 Å². The first-order chi connectivity index (χ1) is 12.2. The van der Waals surface area contributed by atoms with Crippen LogP contribution in [0.1, 0.15) is 18.2 Å². The minimum absolute atomic E-state index is 0.397. The molecule has 0 radical (unpaired) electrons. The van der Waals surface area contributed by atoms with Crippen LogP contribution in [0.25, 0.3) is 16.9 Å². The summed E-state index contributed by atoms with van der Waals surface area (Å²) < 4.78 is 1.85. The fourth-order valence-corrected chi connectivity index (χ4v) is 3.04. The Balaban J connectivity index is 2.04. The number of nitrogens with zero attached hydrogens (tertiary/aromatic N) is 5. The minimum Gasteiger partial charge on any atom is -0.232 e. The lowest BCUT2D eigenvalue weighted by Crippen LogP contribution is -2.03. The fraction of sp³-hybridized carbons (Fsp3) is 0.0526. The smallest absolute Gasteiger partial charge is 0.207 e. The van der Waals surface area contributed by atoms with Gasteiger partial charge >= 0.3 is 0 Å². The van der Waals surface area contributed by atoms with Gasteiger partial charge in [-0.05, 0) is 31.2 Å². The van der Waals surface area contributed by atoms with Crippen LogP contribution in [0.3, 0.4) is 0 Å². The summed E-state index contributed by atoms with van der Waals surface area (Å²) in [5.74, 6) is 0.397. The van der Waals surface area contributed by atoms with Crippen LogP contribution in [0.2, 0.25) is 5.02 Å². The number of amidine groups is 1. The second-order valence-corrected chi connectivity index (χ2v) is 6.00. The first kappa shape index (κ1) is 15.3. The zero-order chi connectivity index (χ0) is 17.4. The molecule has 4 rings (SSSR count). The number of aromatic nitrogens is 2. The Morgan fingerprint density at radius 2 is 1.80 bits per heavy atom. The van der Waals surface area contributed by atoms with Gasteiger partial charge in [0.15, 0.2) is 5.84 Å². The van der Waals surface area contributed by atoms with Crippen molar-refractivity contribution in [3.63, 3.8) is 0 Å². The molecule has 0 fully saturated rings. The number of nitriles is 1. The molecular formula is C19H12ClN5. The van der Waals surface area contributed by atoms with Crippen LogP contribution in [0, 0.1) is 11.5 Å². The molecule has 0 atom stereocenters. The molecule has 1 aromatic heterocycles. The molecule has 0 amide bonds. The summed E-state index contributed by atoms with van der Waals surface area (Å²) in [6, 6.07) is 17.3. The van der Waals surface area contributed by atoms with E-state index in [0.717, 1.165) is 33.9 Å². The van der Waals surface area contributed by atoms with Gasteiger partial charge in [0.05, 0.1) is 22.7 Å². The van der Waals surface area contributed by atoms with E-state index < -0.39 is 0 Å². The molecule has 0 saturated carbocycles. The van der Waals surface area contributed by atoms with Crippen molar-refractivity contribution in [2.45, 2.75) is 6.92 Å². The lowest BCUT2D eigenvalue weighted by Gasteiger charge is -2.09. The van der Waals surface area contributed by atoms with Crippen LogP contribution >= 0.6 is 11.6 Å². The highest BCUT2D eigenvalue weighted by molar-refractivity contribution is 6.30. The topological polar surface area (TPSA) is 66.3 Å². The van der Waals surface area contributed by atoms with Gasteiger partial charge in [0.25, 0.3) is 0 Å². The molecule has 1 aliphatic rings. The maximum absolute atomic E-state index is 9.01. The number of rotatable bonds is 2. The lowest BCUT2D eigenvalue weighted by molar-refractivity contribution is 0.882. The zero-order valence-corrected chi connectivity index (χ0v) is 14.1. The second-order valence-electron chi connectivity index (χ2n) is 5.56. The highest BCUT2D eigenvalue weighted by atomic mass is 35.5. The van der Waals surface area contributed by atoms with Crippen molar-refractivity contribution in [3.05, 3.63) is 70.9 Å². The molecule has 0 N–H and O–H groups in total. The summed E-state index contributed by atoms with van der Waals surface area (Å²) in [5, 5.41) is 14.4. The van der Waals surface area contributed by atoms with E-state index in [1.54, 1.807) is 0 Å². The van der Waals surface area contributed by atoms with E-state index in [-0.39, 0.29) is 0 Å². The third kappa shape index (κ3) is 2.53. The molecule has 6 heteroatoms. The van der Waals surface area contributed by atoms with E-state index in [0.29, 0.717) is 10.9 Å². The molecule has 0 spiro atoms. The second kappa shape index (κ2) is 6.00. The first-order valence-corrected chi connectivity index (χ1v) is 8.04. The molecule has 120 valence electrons. The molecule has 25 heavy (non-hydrogen) atoms. The van der Waals surface area contributed by atoms with Crippen LogP contribution < -0.4 is 0 Å². The zero-order valence-electron chi connectivity index (χ0n) is 13.3. The number of fused-ring (bicyclic) bond motifs is 1. The van der Waals surface area contributed by atoms with Crippen molar-refractivity contribution in [1.82, 2.24) is 9.78 Å². The molecule has 3 aromatic rings. The van der Waals surface area contributed by atoms with Gasteiger partial charge in [0.2, 0.25) is 6.19 Å². The summed E-state index contributed by atoms with van der Waals surface area (Å²) in [6.07, 6.45) is 1.83. The molecule has 0 aliphatic carbocycles. The Bertz CT molecular complexity index is 1050. The molecule has 0 saturated heterocycles. The Kier molecular flexibility index (Phi) is 3.68. The molecule has 0 unspecified atom stereocenters. The average molecular weight is 346 g/mol. The number of hydrogen-bond acceptors (Lipinski definition) is 3. The Hall–Kier alpha value is -3.23. The number of hydrogen-bond donors (Lipinski definition) is 0. The predicted octanol–water partition coefficient (Wildman–Crippen LogP) is 4.24. The van der Waals surface area contributed by atoms with Gasteiger partial charge in [0.1, 0.15) is 5.69 Å². The van der Waals surface area contributed by atoms with Crippen molar-refractivity contribution < 1.29 is 0 Å². The number of halogens is 1. The summed E-state index contributed by atoms with van der Waals surface area (Å²) in [4.78, 5) is 8.27. The van der Waals surface area contributed by atoms with Crippen molar-refractivity contribution in [2.24, 2.45) is 9.98 Å². The molecule has 1 aliphatic heterocycles. The van der Waals surface area contributed by atoms with E-state index in [4.69, 9.17) is 22.0 Å². The van der Waals surface area contributed by atoms with E-state index in [2.05, 4.69) is 9.98 Å². The molecular weight excluding hydrogens is 334 g/mol. The maximum atomic E-state index is 9.01. The molecule has 0 bridgehead atoms. The number of benzene rings is 2. The lowest BCUT2D eigenvalue weighted by atomic mass is 10.0. The van der Waals surface area contributed by atoms with E-state index in [1.165, 1.54) is 0 Å². The van der Waals surface area contributed by atoms with Gasteiger partial charge in [-0.25, -0.2) is 9.67 Å². The average Bonchev–Trinajstić information content (AvgIpc) is 3.15. The highest BCUT2D eigenvalue weighted by Crippen LogP contribution is 2.33. The van der Waals surface area contributed by atoms with Gasteiger partial charge < -0.3 is 0 Å². The summed E-state index contributed by atoms with van der Waals surface area (Å²) in [6.45, 7) is 1.87. The summed E-state index contributed by atoms with van der Waals surface area (Å²) >= 11 is 6.01. The standard InChI is InChI=1S/C19H12ClN5/c1-12-17-16(19(23-12)22-11-21)18(13-5-3-2-4-6-13)25(24-17)15-9-7-14(20)8-10-15/h2-10H,1H3. The van der Waals surface area contributed by atoms with Crippen molar-refractivity contribution in [2.75, 3.05) is 0 Å².